The molecule has 1 aromatic heterocycles. The van der Waals surface area contributed by atoms with Gasteiger partial charge in [0.05, 0.1) is 10.5 Å². The van der Waals surface area contributed by atoms with Crippen molar-refractivity contribution in [3.8, 4) is 0 Å². The van der Waals surface area contributed by atoms with Crippen LogP contribution >= 0.6 is 11.6 Å². The van der Waals surface area contributed by atoms with Gasteiger partial charge < -0.3 is 9.15 Å². The molecule has 168 valence electrons. The summed E-state index contributed by atoms with van der Waals surface area (Å²) >= 11 is 6.19. The number of nitrogens with zero attached hydrogens (tertiary/aromatic N) is 1. The van der Waals surface area contributed by atoms with Crippen LogP contribution in [0.4, 0.5) is 0 Å². The van der Waals surface area contributed by atoms with Crippen LogP contribution in [0.15, 0.2) is 56.6 Å². The van der Waals surface area contributed by atoms with Crippen molar-refractivity contribution in [3.05, 3.63) is 74.6 Å². The van der Waals surface area contributed by atoms with Gasteiger partial charge in [-0.3, -0.25) is 0 Å². The van der Waals surface area contributed by atoms with Crippen molar-refractivity contribution in [1.82, 2.24) is 4.31 Å². The maximum absolute atomic E-state index is 12.9. The molecule has 2 aromatic carbocycles. The highest BCUT2D eigenvalue weighted by Crippen LogP contribution is 2.26. The first-order valence-corrected chi connectivity index (χ1v) is 12.1. The fourth-order valence-corrected chi connectivity index (χ4v) is 5.46. The second-order valence-corrected chi connectivity index (χ2v) is 10.1. The lowest BCUT2D eigenvalue weighted by atomic mass is 10.1. The summed E-state index contributed by atoms with van der Waals surface area (Å²) in [4.78, 5) is 24.6. The average molecular weight is 476 g/mol. The van der Waals surface area contributed by atoms with Gasteiger partial charge in [0.1, 0.15) is 12.2 Å². The zero-order chi connectivity index (χ0) is 22.9. The number of ether oxygens (including phenoxy) is 1. The van der Waals surface area contributed by atoms with Crippen LogP contribution < -0.4 is 5.63 Å². The van der Waals surface area contributed by atoms with Gasteiger partial charge in [0.15, 0.2) is 0 Å². The van der Waals surface area contributed by atoms with Crippen molar-refractivity contribution < 1.29 is 22.4 Å². The molecule has 0 bridgehead atoms. The van der Waals surface area contributed by atoms with Crippen molar-refractivity contribution in [2.75, 3.05) is 13.1 Å². The van der Waals surface area contributed by atoms with Crippen LogP contribution in [0.5, 0.6) is 0 Å². The number of hydrogen-bond donors (Lipinski definition) is 0. The fourth-order valence-electron chi connectivity index (χ4n) is 3.73. The maximum Gasteiger partial charge on any atom is 0.338 e. The predicted octanol–water partition coefficient (Wildman–Crippen LogP) is 4.29. The average Bonchev–Trinajstić information content (AvgIpc) is 2.79. The monoisotopic (exact) mass is 475 g/mol. The van der Waals surface area contributed by atoms with Crippen molar-refractivity contribution >= 4 is 38.6 Å². The van der Waals surface area contributed by atoms with E-state index in [1.807, 2.05) is 0 Å². The van der Waals surface area contributed by atoms with Gasteiger partial charge in [0.2, 0.25) is 10.0 Å². The zero-order valence-corrected chi connectivity index (χ0v) is 19.0. The minimum absolute atomic E-state index is 0.0573. The van der Waals surface area contributed by atoms with Crippen molar-refractivity contribution in [2.24, 2.45) is 0 Å². The lowest BCUT2D eigenvalue weighted by Crippen LogP contribution is -2.35. The summed E-state index contributed by atoms with van der Waals surface area (Å²) in [6, 6.07) is 10.4. The minimum atomic E-state index is -3.67. The van der Waals surface area contributed by atoms with Crippen LogP contribution in [-0.4, -0.2) is 31.8 Å². The number of esters is 1. The Bertz CT molecular complexity index is 1340. The Hall–Kier alpha value is -2.68. The third kappa shape index (κ3) is 4.57. The molecular formula is C23H22ClNO6S. The van der Waals surface area contributed by atoms with Gasteiger partial charge in [0, 0.05) is 35.1 Å². The normalized spacial score (nSPS) is 15.1. The lowest BCUT2D eigenvalue weighted by molar-refractivity contribution is 0.0473. The number of aryl methyl sites for hydroxylation is 1. The summed E-state index contributed by atoms with van der Waals surface area (Å²) in [5, 5.41) is 1.06. The van der Waals surface area contributed by atoms with E-state index in [1.165, 1.54) is 34.6 Å². The first kappa shape index (κ1) is 22.5. The number of rotatable bonds is 5. The molecule has 0 atom stereocenters. The van der Waals surface area contributed by atoms with E-state index in [-0.39, 0.29) is 17.1 Å². The third-order valence-corrected chi connectivity index (χ3v) is 7.79. The SMILES string of the molecule is Cc1cc2oc(=O)cc(COC(=O)c3cccc(S(=O)(=O)N4CCCCC4)c3)c2cc1Cl. The number of hydrogen-bond acceptors (Lipinski definition) is 6. The molecule has 3 aromatic rings. The molecule has 7 nitrogen and oxygen atoms in total. The van der Waals surface area contributed by atoms with Crippen LogP contribution in [0.2, 0.25) is 5.02 Å². The lowest BCUT2D eigenvalue weighted by Gasteiger charge is -2.25. The van der Waals surface area contributed by atoms with Crippen LogP contribution in [0.1, 0.15) is 40.7 Å². The third-order valence-electron chi connectivity index (χ3n) is 5.49. The molecule has 2 heterocycles. The maximum atomic E-state index is 12.9. The highest BCUT2D eigenvalue weighted by Gasteiger charge is 2.26. The molecule has 0 unspecified atom stereocenters. The van der Waals surface area contributed by atoms with Crippen LogP contribution in [0.3, 0.4) is 0 Å². The molecule has 0 radical (unpaired) electrons. The Morgan fingerprint density at radius 3 is 2.62 bits per heavy atom. The summed E-state index contributed by atoms with van der Waals surface area (Å²) in [5.41, 5.74) is 1.09. The molecule has 1 aliphatic heterocycles. The van der Waals surface area contributed by atoms with E-state index in [0.717, 1.165) is 24.8 Å². The molecule has 0 amide bonds. The molecule has 1 saturated heterocycles. The molecule has 4 rings (SSSR count). The van der Waals surface area contributed by atoms with Gasteiger partial charge in [-0.1, -0.05) is 24.1 Å². The Labute approximate surface area is 190 Å². The van der Waals surface area contributed by atoms with Crippen LogP contribution in [0.25, 0.3) is 11.0 Å². The summed E-state index contributed by atoms with van der Waals surface area (Å²) in [6.45, 7) is 2.55. The van der Waals surface area contributed by atoms with E-state index in [9.17, 15) is 18.0 Å². The van der Waals surface area contributed by atoms with Gasteiger partial charge in [-0.05, 0) is 55.7 Å². The summed E-state index contributed by atoms with van der Waals surface area (Å²) in [5.74, 6) is -0.694. The quantitative estimate of drug-likeness (QED) is 0.403. The number of sulfonamides is 1. The summed E-state index contributed by atoms with van der Waals surface area (Å²) in [7, 11) is -3.67. The van der Waals surface area contributed by atoms with E-state index in [4.69, 9.17) is 20.8 Å². The van der Waals surface area contributed by atoms with Crippen LogP contribution in [0, 0.1) is 6.92 Å². The van der Waals surface area contributed by atoms with Gasteiger partial charge in [-0.2, -0.15) is 4.31 Å². The number of benzene rings is 2. The minimum Gasteiger partial charge on any atom is -0.457 e. The predicted molar refractivity (Wildman–Crippen MR) is 120 cm³/mol. The molecule has 1 fully saturated rings. The largest absolute Gasteiger partial charge is 0.457 e. The Kier molecular flexibility index (Phi) is 6.37. The standard InChI is InChI=1S/C23H22ClNO6S/c1-15-10-21-19(13-20(15)24)17(12-22(26)31-21)14-30-23(27)16-6-5-7-18(11-16)32(28,29)25-8-3-2-4-9-25/h5-7,10-13H,2-4,8-9,14H2,1H3. The summed E-state index contributed by atoms with van der Waals surface area (Å²) in [6.07, 6.45) is 2.66. The zero-order valence-electron chi connectivity index (χ0n) is 17.5. The highest BCUT2D eigenvalue weighted by atomic mass is 35.5. The highest BCUT2D eigenvalue weighted by molar-refractivity contribution is 7.89. The van der Waals surface area contributed by atoms with E-state index in [0.29, 0.717) is 34.6 Å². The molecule has 0 aliphatic carbocycles. The van der Waals surface area contributed by atoms with E-state index < -0.39 is 21.6 Å². The van der Waals surface area contributed by atoms with E-state index in [2.05, 4.69) is 0 Å². The molecule has 0 saturated carbocycles. The number of piperidine rings is 1. The second-order valence-electron chi connectivity index (χ2n) is 7.76. The van der Waals surface area contributed by atoms with E-state index >= 15 is 0 Å². The second kappa shape index (κ2) is 9.05. The smallest absolute Gasteiger partial charge is 0.338 e. The van der Waals surface area contributed by atoms with Crippen molar-refractivity contribution in [1.29, 1.82) is 0 Å². The van der Waals surface area contributed by atoms with E-state index in [1.54, 1.807) is 19.1 Å². The Morgan fingerprint density at radius 2 is 1.88 bits per heavy atom. The molecule has 1 aliphatic rings. The summed E-state index contributed by atoms with van der Waals surface area (Å²) < 4.78 is 37.9. The topological polar surface area (TPSA) is 93.9 Å². The molecule has 9 heteroatoms. The van der Waals surface area contributed by atoms with Crippen LogP contribution in [-0.2, 0) is 21.4 Å². The molecule has 0 N–H and O–H groups in total. The fraction of sp³-hybridized carbons (Fsp3) is 0.304. The first-order valence-electron chi connectivity index (χ1n) is 10.3. The van der Waals surface area contributed by atoms with Crippen molar-refractivity contribution in [3.63, 3.8) is 0 Å². The number of carbonyl (C=O) groups is 1. The number of halogens is 1. The molecule has 32 heavy (non-hydrogen) atoms. The number of fused-ring (bicyclic) bond motifs is 1. The van der Waals surface area contributed by atoms with Crippen molar-refractivity contribution in [2.45, 2.75) is 37.7 Å². The molecular weight excluding hydrogens is 454 g/mol. The van der Waals surface area contributed by atoms with Gasteiger partial charge in [-0.25, -0.2) is 18.0 Å². The van der Waals surface area contributed by atoms with Gasteiger partial charge in [-0.15, -0.1) is 0 Å². The number of carbonyl (C=O) groups excluding carboxylic acids is 1. The molecule has 0 spiro atoms. The van der Waals surface area contributed by atoms with Gasteiger partial charge in [0.25, 0.3) is 0 Å². The van der Waals surface area contributed by atoms with Gasteiger partial charge >= 0.3 is 11.6 Å². The Balaban J connectivity index is 1.56. The first-order chi connectivity index (χ1) is 15.3. The Morgan fingerprint density at radius 1 is 1.12 bits per heavy atom.